The van der Waals surface area contributed by atoms with Gasteiger partial charge in [-0.25, -0.2) is 36.5 Å². The second kappa shape index (κ2) is 17.6. The van der Waals surface area contributed by atoms with Gasteiger partial charge < -0.3 is 20.8 Å². The van der Waals surface area contributed by atoms with E-state index in [2.05, 4.69) is 20.8 Å². The Morgan fingerprint density at radius 2 is 1.10 bits per heavy atom. The van der Waals surface area contributed by atoms with Gasteiger partial charge in [-0.05, 0) is 77.9 Å². The van der Waals surface area contributed by atoms with E-state index in [1.54, 1.807) is 0 Å². The number of hydrogen-bond donors (Lipinski definition) is 6. The molecular formula is C36H28Cl2N10O8S2. The quantitative estimate of drug-likeness (QED) is 0.114. The Bertz CT molecular complexity index is 2890. The molecule has 0 saturated heterocycles. The molecule has 58 heavy (non-hydrogen) atoms. The number of halogens is 2. The fraction of sp³-hybridized carbons (Fsp3) is 0.0556. The zero-order valence-corrected chi connectivity index (χ0v) is 32.6. The minimum atomic E-state index is -4.16. The number of amides is 2. The number of sulfonamides is 2. The number of nitriles is 2. The summed E-state index contributed by atoms with van der Waals surface area (Å²) in [5.41, 5.74) is 2.03. The number of nitrogens with one attached hydrogen (secondary N) is 2. The highest BCUT2D eigenvalue weighted by atomic mass is 35.5. The number of phenolic OH excluding ortho intramolecular Hbond substituents is 2. The van der Waals surface area contributed by atoms with E-state index in [4.69, 9.17) is 44.0 Å². The van der Waals surface area contributed by atoms with Crippen LogP contribution in [0, 0.1) is 22.7 Å². The van der Waals surface area contributed by atoms with Crippen molar-refractivity contribution in [2.75, 3.05) is 10.6 Å². The van der Waals surface area contributed by atoms with Gasteiger partial charge in [0, 0.05) is 33.8 Å². The number of phenols is 2. The van der Waals surface area contributed by atoms with Gasteiger partial charge in [-0.15, -0.1) is 0 Å². The predicted molar refractivity (Wildman–Crippen MR) is 210 cm³/mol. The van der Waals surface area contributed by atoms with E-state index in [1.165, 1.54) is 107 Å². The van der Waals surface area contributed by atoms with Gasteiger partial charge in [0.05, 0.1) is 47.7 Å². The standard InChI is InChI=1S/2C18H14ClN5O4S/c19-15-3-2-14(25)5-12(15)6-18(26)23-13-1-4-16(17(7-13)29(21,27)28)24-10-11(8-20)9-22-24;19-15-7-14(25)3-1-12(15)5-18(26)23-13-2-4-16(17(6-13)29(21,27)28)24-10-11(8-20)9-22-24/h1-5,7,9-10,25H,6H2,(H,23,26)(H2,21,27,28);1-4,6-7,9-10,25H,5H2,(H,23,26)(H2,21,27,28). The average molecular weight is 864 g/mol. The molecule has 6 rings (SSSR count). The maximum absolute atomic E-state index is 12.3. The molecule has 0 bridgehead atoms. The van der Waals surface area contributed by atoms with Gasteiger partial charge in [0.1, 0.15) is 33.4 Å². The molecular weight excluding hydrogens is 835 g/mol. The van der Waals surface area contributed by atoms with Crippen LogP contribution in [-0.4, -0.2) is 58.4 Å². The molecule has 296 valence electrons. The van der Waals surface area contributed by atoms with Crippen molar-refractivity contribution in [3.8, 4) is 35.0 Å². The first-order chi connectivity index (χ1) is 27.3. The van der Waals surface area contributed by atoms with Crippen LogP contribution in [0.5, 0.6) is 11.5 Å². The van der Waals surface area contributed by atoms with Crippen molar-refractivity contribution >= 4 is 66.4 Å². The zero-order chi connectivity index (χ0) is 42.4. The van der Waals surface area contributed by atoms with Gasteiger partial charge in [-0.3, -0.25) is 9.59 Å². The summed E-state index contributed by atoms with van der Waals surface area (Å²) in [5.74, 6) is -0.979. The third kappa shape index (κ3) is 10.7. The van der Waals surface area contributed by atoms with Crippen LogP contribution in [0.3, 0.4) is 0 Å². The van der Waals surface area contributed by atoms with E-state index < -0.39 is 31.9 Å². The number of carbonyl (C=O) groups excluding carboxylic acids is 2. The maximum atomic E-state index is 12.3. The van der Waals surface area contributed by atoms with Gasteiger partial charge in [-0.1, -0.05) is 29.3 Å². The number of anilines is 2. The molecule has 8 N–H and O–H groups in total. The number of primary sulfonamides is 2. The topological polar surface area (TPSA) is 302 Å². The molecule has 0 aliphatic rings. The van der Waals surface area contributed by atoms with Crippen LogP contribution in [0.25, 0.3) is 11.4 Å². The van der Waals surface area contributed by atoms with Crippen LogP contribution in [0.2, 0.25) is 10.0 Å². The predicted octanol–water partition coefficient (Wildman–Crippen LogP) is 3.86. The van der Waals surface area contributed by atoms with Crippen molar-refractivity contribution in [2.24, 2.45) is 10.3 Å². The highest BCUT2D eigenvalue weighted by Crippen LogP contribution is 2.27. The number of aromatic nitrogens is 4. The Labute approximate surface area is 340 Å². The van der Waals surface area contributed by atoms with Crippen molar-refractivity contribution in [2.45, 2.75) is 22.6 Å². The monoisotopic (exact) mass is 862 g/mol. The van der Waals surface area contributed by atoms with E-state index in [-0.39, 0.29) is 73.0 Å². The van der Waals surface area contributed by atoms with Gasteiger partial charge in [-0.2, -0.15) is 20.7 Å². The molecule has 0 atom stereocenters. The third-order valence-electron chi connectivity index (χ3n) is 7.79. The first-order valence-corrected chi connectivity index (χ1v) is 20.0. The van der Waals surface area contributed by atoms with Gasteiger partial charge in [0.15, 0.2) is 0 Å². The third-order valence-corrected chi connectivity index (χ3v) is 10.4. The van der Waals surface area contributed by atoms with E-state index in [9.17, 15) is 36.6 Å². The van der Waals surface area contributed by atoms with Crippen molar-refractivity contribution in [1.82, 2.24) is 19.6 Å². The van der Waals surface area contributed by atoms with E-state index >= 15 is 0 Å². The molecule has 0 saturated carbocycles. The van der Waals surface area contributed by atoms with Crippen LogP contribution in [0.4, 0.5) is 11.4 Å². The van der Waals surface area contributed by atoms with Crippen molar-refractivity contribution < 1.29 is 36.6 Å². The highest BCUT2D eigenvalue weighted by Gasteiger charge is 2.20. The molecule has 0 unspecified atom stereocenters. The molecule has 0 aliphatic carbocycles. The Hall–Kier alpha value is -6.78. The lowest BCUT2D eigenvalue weighted by Crippen LogP contribution is -2.18. The van der Waals surface area contributed by atoms with Crippen LogP contribution < -0.4 is 20.9 Å². The number of rotatable bonds is 10. The minimum absolute atomic E-state index is 0.0225. The molecule has 6 aromatic rings. The van der Waals surface area contributed by atoms with Gasteiger partial charge in [0.25, 0.3) is 0 Å². The van der Waals surface area contributed by atoms with Crippen molar-refractivity contribution in [3.63, 3.8) is 0 Å². The lowest BCUT2D eigenvalue weighted by Gasteiger charge is -2.12. The van der Waals surface area contributed by atoms with Crippen molar-refractivity contribution in [1.29, 1.82) is 10.5 Å². The Morgan fingerprint density at radius 3 is 1.53 bits per heavy atom. The first-order valence-electron chi connectivity index (χ1n) is 16.1. The lowest BCUT2D eigenvalue weighted by atomic mass is 10.1. The van der Waals surface area contributed by atoms with Gasteiger partial charge >= 0.3 is 0 Å². The van der Waals surface area contributed by atoms with Gasteiger partial charge in [0.2, 0.25) is 31.9 Å². The number of hydrogen-bond acceptors (Lipinski definition) is 12. The molecule has 4 aromatic carbocycles. The summed E-state index contributed by atoms with van der Waals surface area (Å²) < 4.78 is 50.5. The molecule has 18 nitrogen and oxygen atoms in total. The van der Waals surface area contributed by atoms with Crippen LogP contribution in [0.15, 0.2) is 107 Å². The molecule has 2 aromatic heterocycles. The first kappa shape index (κ1) is 42.4. The van der Waals surface area contributed by atoms with Crippen LogP contribution in [-0.2, 0) is 42.5 Å². The van der Waals surface area contributed by atoms with E-state index in [0.717, 1.165) is 0 Å². The summed E-state index contributed by atoms with van der Waals surface area (Å²) in [4.78, 5) is 24.1. The average Bonchev–Trinajstić information content (AvgIpc) is 3.84. The van der Waals surface area contributed by atoms with Crippen molar-refractivity contribution in [3.05, 3.63) is 130 Å². The number of nitrogens with zero attached hydrogens (tertiary/aromatic N) is 6. The summed E-state index contributed by atoms with van der Waals surface area (Å²) in [7, 11) is -8.31. The maximum Gasteiger partial charge on any atom is 0.240 e. The number of aromatic hydroxyl groups is 2. The molecule has 0 aliphatic heterocycles. The van der Waals surface area contributed by atoms with E-state index in [0.29, 0.717) is 16.1 Å². The smallest absolute Gasteiger partial charge is 0.240 e. The summed E-state index contributed by atoms with van der Waals surface area (Å²) in [6.07, 6.45) is 5.05. The second-order valence-electron chi connectivity index (χ2n) is 12.0. The molecule has 2 heterocycles. The van der Waals surface area contributed by atoms with Crippen LogP contribution >= 0.6 is 23.2 Å². The molecule has 2 amide bonds. The summed E-state index contributed by atoms with van der Waals surface area (Å²) in [6, 6.07) is 20.4. The molecule has 22 heteroatoms. The molecule has 0 spiro atoms. The largest absolute Gasteiger partial charge is 0.508 e. The Kier molecular flexibility index (Phi) is 12.8. The fourth-order valence-electron chi connectivity index (χ4n) is 5.18. The molecule has 0 radical (unpaired) electrons. The Balaban J connectivity index is 0.000000221. The number of carbonyl (C=O) groups is 2. The highest BCUT2D eigenvalue weighted by molar-refractivity contribution is 7.89. The van der Waals surface area contributed by atoms with Crippen LogP contribution in [0.1, 0.15) is 22.3 Å². The minimum Gasteiger partial charge on any atom is -0.508 e. The number of benzene rings is 4. The number of nitrogens with two attached hydrogens (primary N) is 2. The Morgan fingerprint density at radius 1 is 0.655 bits per heavy atom. The summed E-state index contributed by atoms with van der Waals surface area (Å²) >= 11 is 12.0. The SMILES string of the molecule is N#Cc1cnn(-c2ccc(NC(=O)Cc3cc(O)ccc3Cl)cc2S(N)(=O)=O)c1.N#Cc1cnn(-c2ccc(NC(=O)Cc3ccc(O)cc3Cl)cc2S(N)(=O)=O)c1. The lowest BCUT2D eigenvalue weighted by molar-refractivity contribution is -0.116. The summed E-state index contributed by atoms with van der Waals surface area (Å²) in [5, 5.41) is 60.9. The van der Waals surface area contributed by atoms with E-state index in [1.807, 2.05) is 12.1 Å². The zero-order valence-electron chi connectivity index (χ0n) is 29.4. The summed E-state index contributed by atoms with van der Waals surface area (Å²) in [6.45, 7) is 0. The molecule has 0 fully saturated rings. The normalized spacial score (nSPS) is 11.1. The second-order valence-corrected chi connectivity index (χ2v) is 15.9. The fourth-order valence-corrected chi connectivity index (χ4v) is 7.09.